The minimum atomic E-state index is -0.517. The monoisotopic (exact) mass is 424 g/mol. The minimum absolute atomic E-state index is 0.362. The van der Waals surface area contributed by atoms with E-state index in [0.29, 0.717) is 25.1 Å². The Kier molecular flexibility index (Phi) is 6.84. The van der Waals surface area contributed by atoms with Gasteiger partial charge in [0.25, 0.3) is 0 Å². The molecule has 0 unspecified atom stereocenters. The lowest BCUT2D eigenvalue weighted by atomic mass is 10.1. The van der Waals surface area contributed by atoms with Crippen LogP contribution in [0.4, 0.5) is 4.79 Å². The van der Waals surface area contributed by atoms with Crippen LogP contribution >= 0.6 is 0 Å². The van der Waals surface area contributed by atoms with Crippen LogP contribution in [0, 0.1) is 0 Å². The summed E-state index contributed by atoms with van der Waals surface area (Å²) in [5, 5.41) is 3.83. The number of rotatable bonds is 7. The van der Waals surface area contributed by atoms with Crippen molar-refractivity contribution in [1.29, 1.82) is 0 Å². The summed E-state index contributed by atoms with van der Waals surface area (Å²) >= 11 is 0. The molecule has 3 aromatic rings. The van der Waals surface area contributed by atoms with Gasteiger partial charge in [-0.2, -0.15) is 0 Å². The number of aromatic amines is 1. The second-order valence-corrected chi connectivity index (χ2v) is 8.18. The van der Waals surface area contributed by atoms with Gasteiger partial charge in [-0.1, -0.05) is 12.1 Å². The molecule has 0 spiro atoms. The van der Waals surface area contributed by atoms with Crippen molar-refractivity contribution in [2.75, 3.05) is 13.7 Å². The molecule has 7 nitrogen and oxygen atoms in total. The van der Waals surface area contributed by atoms with Crippen LogP contribution in [0.3, 0.4) is 0 Å². The number of ether oxygens (including phenoxy) is 3. The summed E-state index contributed by atoms with van der Waals surface area (Å²) in [4.78, 5) is 26.6. The summed E-state index contributed by atoms with van der Waals surface area (Å²) in [7, 11) is 1.36. The predicted molar refractivity (Wildman–Crippen MR) is 118 cm³/mol. The number of carbonyl (C=O) groups excluding carboxylic acids is 2. The summed E-state index contributed by atoms with van der Waals surface area (Å²) in [6.45, 7) is 6.36. The van der Waals surface area contributed by atoms with Crippen molar-refractivity contribution in [3.05, 3.63) is 65.4 Å². The smallest absolute Gasteiger partial charge is 0.407 e. The molecule has 0 aliphatic carbocycles. The number of aromatic nitrogens is 1. The molecule has 0 saturated heterocycles. The molecule has 2 N–H and O–H groups in total. The predicted octanol–water partition coefficient (Wildman–Crippen LogP) is 4.60. The normalized spacial score (nSPS) is 11.2. The highest BCUT2D eigenvalue weighted by molar-refractivity contribution is 5.89. The molecule has 3 rings (SSSR count). The van der Waals surface area contributed by atoms with Gasteiger partial charge in [-0.15, -0.1) is 0 Å². The van der Waals surface area contributed by atoms with E-state index >= 15 is 0 Å². The van der Waals surface area contributed by atoms with Gasteiger partial charge in [0.2, 0.25) is 0 Å². The average molecular weight is 424 g/mol. The van der Waals surface area contributed by atoms with Crippen molar-refractivity contribution >= 4 is 23.0 Å². The van der Waals surface area contributed by atoms with E-state index in [-0.39, 0.29) is 5.97 Å². The maximum absolute atomic E-state index is 11.8. The van der Waals surface area contributed by atoms with Crippen molar-refractivity contribution in [3.8, 4) is 5.75 Å². The molecule has 0 radical (unpaired) electrons. The van der Waals surface area contributed by atoms with Crippen molar-refractivity contribution < 1.29 is 23.8 Å². The molecule has 2 aromatic carbocycles. The molecule has 31 heavy (non-hydrogen) atoms. The standard InChI is InChI=1S/C24H28N2O5/c1-24(2,3)31-23(28)25-12-11-18-14-26-21-10-9-19(13-20(18)21)30-15-16-5-7-17(8-6-16)22(27)29-4/h5-10,13-14,26H,11-12,15H2,1-4H3,(H,25,28). The second-order valence-electron chi connectivity index (χ2n) is 8.18. The van der Waals surface area contributed by atoms with Gasteiger partial charge in [0.1, 0.15) is 18.0 Å². The van der Waals surface area contributed by atoms with E-state index in [1.807, 2.05) is 57.3 Å². The molecule has 1 aromatic heterocycles. The largest absolute Gasteiger partial charge is 0.489 e. The van der Waals surface area contributed by atoms with Gasteiger partial charge in [0, 0.05) is 23.6 Å². The molecule has 0 aliphatic rings. The van der Waals surface area contributed by atoms with E-state index in [2.05, 4.69) is 10.3 Å². The van der Waals surface area contributed by atoms with Crippen LogP contribution < -0.4 is 10.1 Å². The average Bonchev–Trinajstić information content (AvgIpc) is 3.13. The van der Waals surface area contributed by atoms with Gasteiger partial charge in [-0.3, -0.25) is 0 Å². The topological polar surface area (TPSA) is 89.7 Å². The van der Waals surface area contributed by atoms with Gasteiger partial charge in [0.05, 0.1) is 12.7 Å². The number of carbonyl (C=O) groups is 2. The lowest BCUT2D eigenvalue weighted by molar-refractivity contribution is 0.0527. The summed E-state index contributed by atoms with van der Waals surface area (Å²) < 4.78 is 15.9. The molecule has 0 aliphatic heterocycles. The van der Waals surface area contributed by atoms with E-state index in [4.69, 9.17) is 14.2 Å². The van der Waals surface area contributed by atoms with Crippen LogP contribution in [-0.2, 0) is 22.5 Å². The Bertz CT molecular complexity index is 1050. The van der Waals surface area contributed by atoms with Gasteiger partial charge in [-0.25, -0.2) is 9.59 Å². The van der Waals surface area contributed by atoms with Crippen molar-refractivity contribution in [3.63, 3.8) is 0 Å². The first-order valence-electron chi connectivity index (χ1n) is 10.1. The van der Waals surface area contributed by atoms with Crippen LogP contribution in [0.15, 0.2) is 48.7 Å². The zero-order chi connectivity index (χ0) is 22.4. The van der Waals surface area contributed by atoms with E-state index in [1.165, 1.54) is 7.11 Å². The number of amides is 1. The number of benzene rings is 2. The number of H-pyrrole nitrogens is 1. The fourth-order valence-electron chi connectivity index (χ4n) is 3.09. The summed E-state index contributed by atoms with van der Waals surface area (Å²) in [5.41, 5.74) is 3.02. The molecular formula is C24H28N2O5. The molecule has 0 bridgehead atoms. The molecule has 0 saturated carbocycles. The van der Waals surface area contributed by atoms with Gasteiger partial charge >= 0.3 is 12.1 Å². The Morgan fingerprint density at radius 3 is 2.48 bits per heavy atom. The molecule has 164 valence electrons. The Hall–Kier alpha value is -3.48. The van der Waals surface area contributed by atoms with Crippen LogP contribution in [0.1, 0.15) is 42.3 Å². The van der Waals surface area contributed by atoms with Gasteiger partial charge < -0.3 is 24.5 Å². The van der Waals surface area contributed by atoms with Gasteiger partial charge in [-0.05, 0) is 68.7 Å². The zero-order valence-corrected chi connectivity index (χ0v) is 18.3. The second kappa shape index (κ2) is 9.55. The van der Waals surface area contributed by atoms with E-state index in [9.17, 15) is 9.59 Å². The maximum atomic E-state index is 11.8. The highest BCUT2D eigenvalue weighted by Gasteiger charge is 2.15. The molecule has 0 atom stereocenters. The first-order valence-corrected chi connectivity index (χ1v) is 10.1. The van der Waals surface area contributed by atoms with Crippen molar-refractivity contribution in [2.45, 2.75) is 39.4 Å². The first kappa shape index (κ1) is 22.2. The van der Waals surface area contributed by atoms with Gasteiger partial charge in [0.15, 0.2) is 0 Å². The third kappa shape index (κ3) is 6.25. The fraction of sp³-hybridized carbons (Fsp3) is 0.333. The number of alkyl carbamates (subject to hydrolysis) is 1. The number of fused-ring (bicyclic) bond motifs is 1. The zero-order valence-electron chi connectivity index (χ0n) is 18.3. The number of hydrogen-bond acceptors (Lipinski definition) is 5. The number of nitrogens with one attached hydrogen (secondary N) is 2. The lowest BCUT2D eigenvalue weighted by Gasteiger charge is -2.19. The van der Waals surface area contributed by atoms with Crippen LogP contribution in [-0.4, -0.2) is 36.3 Å². The fourth-order valence-corrected chi connectivity index (χ4v) is 3.09. The summed E-state index contributed by atoms with van der Waals surface area (Å²) in [6, 6.07) is 13.0. The van der Waals surface area contributed by atoms with Crippen LogP contribution in [0.25, 0.3) is 10.9 Å². The van der Waals surface area contributed by atoms with E-state index < -0.39 is 11.7 Å². The van der Waals surface area contributed by atoms with E-state index in [1.54, 1.807) is 12.1 Å². The molecule has 1 heterocycles. The highest BCUT2D eigenvalue weighted by Crippen LogP contribution is 2.25. The molecule has 1 amide bonds. The van der Waals surface area contributed by atoms with Crippen LogP contribution in [0.2, 0.25) is 0 Å². The number of hydrogen-bond donors (Lipinski definition) is 2. The third-order valence-electron chi connectivity index (χ3n) is 4.58. The Labute approximate surface area is 181 Å². The molecular weight excluding hydrogens is 396 g/mol. The third-order valence-corrected chi connectivity index (χ3v) is 4.58. The SMILES string of the molecule is COC(=O)c1ccc(COc2ccc3[nH]cc(CCNC(=O)OC(C)(C)C)c3c2)cc1. The number of esters is 1. The summed E-state index contributed by atoms with van der Waals surface area (Å²) in [6.07, 6.45) is 2.18. The van der Waals surface area contributed by atoms with Crippen molar-refractivity contribution in [2.24, 2.45) is 0 Å². The van der Waals surface area contributed by atoms with E-state index in [0.717, 1.165) is 27.8 Å². The summed E-state index contributed by atoms with van der Waals surface area (Å²) in [5.74, 6) is 0.379. The Balaban J connectivity index is 1.59. The Morgan fingerprint density at radius 1 is 1.06 bits per heavy atom. The molecule has 0 fully saturated rings. The van der Waals surface area contributed by atoms with Crippen LogP contribution in [0.5, 0.6) is 5.75 Å². The lowest BCUT2D eigenvalue weighted by Crippen LogP contribution is -2.33. The highest BCUT2D eigenvalue weighted by atomic mass is 16.6. The quantitative estimate of drug-likeness (QED) is 0.541. The molecule has 7 heteroatoms. The van der Waals surface area contributed by atoms with Crippen molar-refractivity contribution in [1.82, 2.24) is 10.3 Å². The number of methoxy groups -OCH3 is 1. The maximum Gasteiger partial charge on any atom is 0.407 e. The minimum Gasteiger partial charge on any atom is -0.489 e. The Morgan fingerprint density at radius 2 is 1.81 bits per heavy atom. The first-order chi connectivity index (χ1) is 14.7.